The van der Waals surface area contributed by atoms with Crippen molar-refractivity contribution in [3.63, 3.8) is 0 Å². The van der Waals surface area contributed by atoms with Crippen LogP contribution >= 0.6 is 0 Å². The van der Waals surface area contributed by atoms with Gasteiger partial charge in [0.25, 0.3) is 0 Å². The molecule has 6 rings (SSSR count). The molecular weight excluding hydrogens is 581 g/mol. The van der Waals surface area contributed by atoms with Gasteiger partial charge in [-0.15, -0.1) is 0 Å². The highest BCUT2D eigenvalue weighted by Gasteiger charge is 2.23. The van der Waals surface area contributed by atoms with E-state index in [4.69, 9.17) is 15.2 Å². The summed E-state index contributed by atoms with van der Waals surface area (Å²) in [6, 6.07) is 14.5. The number of H-pyrrole nitrogens is 1. The second-order valence-electron chi connectivity index (χ2n) is 10.9. The molecule has 2 aromatic carbocycles. The summed E-state index contributed by atoms with van der Waals surface area (Å²) in [5.74, 6) is -1.19. The molecule has 0 amide bonds. The maximum atomic E-state index is 13.4. The number of nitrogens with zero attached hydrogens (tertiary/aromatic N) is 6. The smallest absolute Gasteiger partial charge is 0.328 e. The minimum atomic E-state index is -1.26. The van der Waals surface area contributed by atoms with Gasteiger partial charge in [-0.25, -0.2) is 33.7 Å². The van der Waals surface area contributed by atoms with Crippen molar-refractivity contribution in [3.8, 4) is 0 Å². The number of para-hydroxylation sites is 2. The molecule has 1 saturated heterocycles. The van der Waals surface area contributed by atoms with Crippen LogP contribution in [0, 0.1) is 11.7 Å². The molecule has 0 saturated carbocycles. The number of aliphatic carboxylic acids is 2. The van der Waals surface area contributed by atoms with E-state index in [9.17, 15) is 18.8 Å². The van der Waals surface area contributed by atoms with E-state index in [2.05, 4.69) is 24.4 Å². The van der Waals surface area contributed by atoms with Crippen LogP contribution in [0.4, 0.5) is 4.39 Å². The predicted molar refractivity (Wildman–Crippen MR) is 165 cm³/mol. The van der Waals surface area contributed by atoms with E-state index in [0.717, 1.165) is 85.4 Å². The molecule has 5 aromatic rings. The third-order valence-electron chi connectivity index (χ3n) is 7.83. The average molecular weight is 616 g/mol. The highest BCUT2D eigenvalue weighted by molar-refractivity contribution is 5.89. The van der Waals surface area contributed by atoms with Crippen molar-refractivity contribution in [2.45, 2.75) is 38.8 Å². The van der Waals surface area contributed by atoms with Crippen molar-refractivity contribution in [2.75, 3.05) is 19.6 Å². The standard InChI is InChI=1S/C28H30FN7O.C4H4O4/c29-22-8-6-21(7-9-22)18-36-26(32-24-17-30-19-31-27(24)36)16-20-10-14-34(15-11-20)12-3-13-35-25-5-2-1-4-23(25)33-28(35)37;5-3(6)1-2-4(7)8/h1-2,4-9,17,19-20H,3,10-16,18H2,(H,33,37);1-2H,(H,5,6)(H,7,8)/b;2-1+. The van der Waals surface area contributed by atoms with Gasteiger partial charge in [-0.05, 0) is 74.6 Å². The maximum absolute atomic E-state index is 13.4. The van der Waals surface area contributed by atoms with Crippen LogP contribution in [0.1, 0.15) is 30.7 Å². The zero-order valence-corrected chi connectivity index (χ0v) is 24.5. The molecule has 13 heteroatoms. The molecule has 45 heavy (non-hydrogen) atoms. The normalized spacial score (nSPS) is 14.2. The summed E-state index contributed by atoms with van der Waals surface area (Å²) in [5.41, 5.74) is 4.46. The van der Waals surface area contributed by atoms with Crippen molar-refractivity contribution in [2.24, 2.45) is 5.92 Å². The Balaban J connectivity index is 0.000000444. The van der Waals surface area contributed by atoms with Crippen molar-refractivity contribution >= 4 is 34.1 Å². The Hall–Kier alpha value is -5.17. The monoisotopic (exact) mass is 615 g/mol. The summed E-state index contributed by atoms with van der Waals surface area (Å²) < 4.78 is 17.4. The topological polar surface area (TPSA) is 159 Å². The molecule has 0 bridgehead atoms. The molecular formula is C32H34FN7O5. The maximum Gasteiger partial charge on any atom is 0.328 e. The van der Waals surface area contributed by atoms with Crippen LogP contribution in [0.3, 0.4) is 0 Å². The molecule has 0 radical (unpaired) electrons. The fraction of sp³-hybridized carbons (Fsp3) is 0.312. The number of hydrogen-bond acceptors (Lipinski definition) is 7. The van der Waals surface area contributed by atoms with E-state index in [0.29, 0.717) is 24.6 Å². The average Bonchev–Trinajstić information content (AvgIpc) is 3.54. The Morgan fingerprint density at radius 2 is 1.69 bits per heavy atom. The minimum Gasteiger partial charge on any atom is -0.478 e. The number of hydrogen-bond donors (Lipinski definition) is 3. The molecule has 0 aliphatic carbocycles. The number of likely N-dealkylation sites (tertiary alicyclic amines) is 1. The third-order valence-corrected chi connectivity index (χ3v) is 7.83. The van der Waals surface area contributed by atoms with Gasteiger partial charge in [-0.3, -0.25) is 4.57 Å². The number of carboxylic acid groups (broad SMARTS) is 2. The Morgan fingerprint density at radius 1 is 0.978 bits per heavy atom. The number of rotatable bonds is 10. The van der Waals surface area contributed by atoms with E-state index in [1.54, 1.807) is 12.5 Å². The Kier molecular flexibility index (Phi) is 10.1. The SMILES string of the molecule is O=C(O)/C=C/C(=O)O.O=c1[nH]c2ccccc2n1CCCN1CCC(Cc2nc3cncnc3n2Cc2ccc(F)cc2)CC1. The molecule has 12 nitrogen and oxygen atoms in total. The largest absolute Gasteiger partial charge is 0.478 e. The Morgan fingerprint density at radius 3 is 2.40 bits per heavy atom. The van der Waals surface area contributed by atoms with Crippen LogP contribution in [0.5, 0.6) is 0 Å². The second kappa shape index (κ2) is 14.5. The molecule has 0 spiro atoms. The lowest BCUT2D eigenvalue weighted by Crippen LogP contribution is -2.36. The zero-order valence-electron chi connectivity index (χ0n) is 24.5. The van der Waals surface area contributed by atoms with E-state index in [1.807, 2.05) is 41.0 Å². The first-order valence-electron chi connectivity index (χ1n) is 14.7. The van der Waals surface area contributed by atoms with E-state index >= 15 is 0 Å². The third kappa shape index (κ3) is 8.26. The summed E-state index contributed by atoms with van der Waals surface area (Å²) >= 11 is 0. The molecule has 0 unspecified atom stereocenters. The molecule has 0 atom stereocenters. The first-order chi connectivity index (χ1) is 21.8. The van der Waals surface area contributed by atoms with Gasteiger partial charge in [0, 0.05) is 25.1 Å². The van der Waals surface area contributed by atoms with Gasteiger partial charge in [0.1, 0.15) is 23.5 Å². The Bertz CT molecular complexity index is 1840. The predicted octanol–water partition coefficient (Wildman–Crippen LogP) is 3.71. The molecule has 4 heterocycles. The number of piperidine rings is 1. The summed E-state index contributed by atoms with van der Waals surface area (Å²) in [4.78, 5) is 50.4. The number of benzene rings is 2. The number of aromatic nitrogens is 6. The molecule has 1 fully saturated rings. The number of carboxylic acids is 2. The van der Waals surface area contributed by atoms with Gasteiger partial charge in [0.15, 0.2) is 5.65 Å². The van der Waals surface area contributed by atoms with Crippen LogP contribution < -0.4 is 5.69 Å². The lowest BCUT2D eigenvalue weighted by atomic mass is 9.93. The van der Waals surface area contributed by atoms with Gasteiger partial charge >= 0.3 is 17.6 Å². The summed E-state index contributed by atoms with van der Waals surface area (Å²) in [6.45, 7) is 4.40. The number of halogens is 1. The second-order valence-corrected chi connectivity index (χ2v) is 10.9. The van der Waals surface area contributed by atoms with Crippen LogP contribution in [0.25, 0.3) is 22.2 Å². The van der Waals surface area contributed by atoms with Crippen LogP contribution in [-0.2, 0) is 29.1 Å². The number of imidazole rings is 2. The zero-order chi connectivity index (χ0) is 31.8. The fourth-order valence-corrected chi connectivity index (χ4v) is 5.61. The van der Waals surface area contributed by atoms with Crippen molar-refractivity contribution in [1.82, 2.24) is 34.0 Å². The highest BCUT2D eigenvalue weighted by Crippen LogP contribution is 2.24. The first kappa shape index (κ1) is 31.3. The van der Waals surface area contributed by atoms with Gasteiger partial charge in [0.2, 0.25) is 0 Å². The van der Waals surface area contributed by atoms with Crippen LogP contribution in [-0.4, -0.2) is 75.8 Å². The lowest BCUT2D eigenvalue weighted by molar-refractivity contribution is -0.134. The molecule has 3 N–H and O–H groups in total. The van der Waals surface area contributed by atoms with Crippen molar-refractivity contribution < 1.29 is 24.2 Å². The molecule has 234 valence electrons. The van der Waals surface area contributed by atoms with Gasteiger partial charge in [0.05, 0.1) is 23.8 Å². The molecule has 1 aliphatic heterocycles. The van der Waals surface area contributed by atoms with E-state index in [1.165, 1.54) is 12.1 Å². The quantitative estimate of drug-likeness (QED) is 0.199. The highest BCUT2D eigenvalue weighted by atomic mass is 19.1. The number of fused-ring (bicyclic) bond motifs is 2. The van der Waals surface area contributed by atoms with E-state index in [-0.39, 0.29) is 11.5 Å². The summed E-state index contributed by atoms with van der Waals surface area (Å²) in [6.07, 6.45) is 8.47. The van der Waals surface area contributed by atoms with Gasteiger partial charge in [-0.1, -0.05) is 24.3 Å². The minimum absolute atomic E-state index is 0.0341. The molecule has 1 aliphatic rings. The van der Waals surface area contributed by atoms with Gasteiger partial charge < -0.3 is 24.7 Å². The summed E-state index contributed by atoms with van der Waals surface area (Å²) in [5, 5.41) is 15.6. The van der Waals surface area contributed by atoms with Crippen molar-refractivity contribution in [3.05, 3.63) is 101 Å². The number of nitrogens with one attached hydrogen (secondary N) is 1. The van der Waals surface area contributed by atoms with Crippen LogP contribution in [0.2, 0.25) is 0 Å². The number of aromatic amines is 1. The van der Waals surface area contributed by atoms with Crippen molar-refractivity contribution in [1.29, 1.82) is 0 Å². The van der Waals surface area contributed by atoms with E-state index < -0.39 is 11.9 Å². The Labute approximate surface area is 257 Å². The lowest BCUT2D eigenvalue weighted by Gasteiger charge is -2.32. The van der Waals surface area contributed by atoms with Gasteiger partial charge in [-0.2, -0.15) is 0 Å². The molecule has 3 aromatic heterocycles. The number of aryl methyl sites for hydroxylation is 1. The summed E-state index contributed by atoms with van der Waals surface area (Å²) in [7, 11) is 0. The first-order valence-corrected chi connectivity index (χ1v) is 14.7. The number of carbonyl (C=O) groups is 2. The fourth-order valence-electron chi connectivity index (χ4n) is 5.61. The van der Waals surface area contributed by atoms with Crippen LogP contribution in [0.15, 0.2) is 78.0 Å².